The third-order valence-electron chi connectivity index (χ3n) is 2.91. The number of hydrogen-bond acceptors (Lipinski definition) is 6. The molecule has 0 bridgehead atoms. The lowest BCUT2D eigenvalue weighted by Gasteiger charge is -2.42. The average Bonchev–Trinajstić information content (AvgIpc) is 2.58. The van der Waals surface area contributed by atoms with Crippen LogP contribution in [-0.4, -0.2) is 53.3 Å². The van der Waals surface area contributed by atoms with Gasteiger partial charge in [0.15, 0.2) is 5.79 Å². The van der Waals surface area contributed by atoms with E-state index in [1.165, 1.54) is 0 Å². The molecule has 0 aromatic carbocycles. The molecule has 17 heavy (non-hydrogen) atoms. The van der Waals surface area contributed by atoms with Crippen LogP contribution >= 0.6 is 0 Å². The minimum absolute atomic E-state index is 0.0151. The van der Waals surface area contributed by atoms with Crippen molar-refractivity contribution in [2.75, 3.05) is 13.2 Å². The van der Waals surface area contributed by atoms with Crippen LogP contribution < -0.4 is 0 Å². The van der Waals surface area contributed by atoms with E-state index in [2.05, 4.69) is 10.0 Å². The van der Waals surface area contributed by atoms with Gasteiger partial charge in [-0.1, -0.05) is 5.11 Å². The predicted octanol–water partition coefficient (Wildman–Crippen LogP) is -0.104. The second-order valence-electron chi connectivity index (χ2n) is 4.62. The Morgan fingerprint density at radius 1 is 1.35 bits per heavy atom. The maximum Gasteiger partial charge on any atom is 0.224 e. The largest absolute Gasteiger partial charge is 0.390 e. The van der Waals surface area contributed by atoms with Gasteiger partial charge in [-0.3, -0.25) is 0 Å². The molecule has 96 valence electrons. The van der Waals surface area contributed by atoms with E-state index in [4.69, 9.17) is 19.7 Å². The van der Waals surface area contributed by atoms with Crippen LogP contribution in [0.25, 0.3) is 10.4 Å². The lowest BCUT2D eigenvalue weighted by atomic mass is 9.96. The van der Waals surface area contributed by atoms with Crippen molar-refractivity contribution in [2.24, 2.45) is 5.11 Å². The molecule has 1 spiro atoms. The quantitative estimate of drug-likeness (QED) is 0.380. The van der Waals surface area contributed by atoms with Crippen molar-refractivity contribution >= 4 is 0 Å². The second-order valence-corrected chi connectivity index (χ2v) is 4.62. The first-order valence-corrected chi connectivity index (χ1v) is 5.29. The molecular formula is C9H15N3O5. The molecule has 2 aliphatic rings. The van der Waals surface area contributed by atoms with E-state index in [-0.39, 0.29) is 13.2 Å². The van der Waals surface area contributed by atoms with Gasteiger partial charge in [0.2, 0.25) is 5.79 Å². The summed E-state index contributed by atoms with van der Waals surface area (Å²) in [5, 5.41) is 23.2. The van der Waals surface area contributed by atoms with Gasteiger partial charge in [-0.15, -0.1) is 0 Å². The fourth-order valence-electron chi connectivity index (χ4n) is 2.02. The maximum absolute atomic E-state index is 9.99. The third kappa shape index (κ3) is 2.11. The Morgan fingerprint density at radius 2 is 2.06 bits per heavy atom. The second kappa shape index (κ2) is 4.09. The van der Waals surface area contributed by atoms with Crippen molar-refractivity contribution in [3.63, 3.8) is 0 Å². The van der Waals surface area contributed by atoms with Crippen molar-refractivity contribution in [3.8, 4) is 0 Å². The van der Waals surface area contributed by atoms with Gasteiger partial charge in [-0.2, -0.15) is 0 Å². The first-order valence-electron chi connectivity index (χ1n) is 5.29. The zero-order valence-electron chi connectivity index (χ0n) is 9.61. The molecular weight excluding hydrogens is 230 g/mol. The van der Waals surface area contributed by atoms with Crippen molar-refractivity contribution in [2.45, 2.75) is 43.7 Å². The van der Waals surface area contributed by atoms with E-state index >= 15 is 0 Å². The Morgan fingerprint density at radius 3 is 2.59 bits per heavy atom. The first-order chi connectivity index (χ1) is 7.90. The Labute approximate surface area is 97.7 Å². The summed E-state index contributed by atoms with van der Waals surface area (Å²) in [4.78, 5) is 2.59. The molecule has 4 unspecified atom stereocenters. The molecule has 4 atom stereocenters. The highest BCUT2D eigenvalue weighted by Crippen LogP contribution is 2.38. The summed E-state index contributed by atoms with van der Waals surface area (Å²) in [6, 6.07) is -0.826. The Balaban J connectivity index is 2.16. The maximum atomic E-state index is 9.99. The van der Waals surface area contributed by atoms with Crippen LogP contribution in [0, 0.1) is 0 Å². The summed E-state index contributed by atoms with van der Waals surface area (Å²) in [6.45, 7) is 3.36. The lowest BCUT2D eigenvalue weighted by molar-refractivity contribution is -0.324. The van der Waals surface area contributed by atoms with E-state index in [1.807, 2.05) is 0 Å². The van der Waals surface area contributed by atoms with Gasteiger partial charge in [0, 0.05) is 4.91 Å². The van der Waals surface area contributed by atoms with Gasteiger partial charge in [-0.25, -0.2) is 0 Å². The highest BCUT2D eigenvalue weighted by atomic mass is 16.8. The fraction of sp³-hybridized carbons (Fsp3) is 1.00. The van der Waals surface area contributed by atoms with Gasteiger partial charge in [0.1, 0.15) is 12.7 Å². The summed E-state index contributed by atoms with van der Waals surface area (Å²) in [5.41, 5.74) is 8.32. The number of hydrogen-bond donors (Lipinski definition) is 2. The Bertz CT molecular complexity index is 357. The van der Waals surface area contributed by atoms with Crippen LogP contribution in [0.4, 0.5) is 0 Å². The fourth-order valence-corrected chi connectivity index (χ4v) is 2.02. The topological polar surface area (TPSA) is 117 Å². The molecule has 0 amide bonds. The van der Waals surface area contributed by atoms with E-state index in [9.17, 15) is 10.2 Å². The number of rotatable bonds is 1. The summed E-state index contributed by atoms with van der Waals surface area (Å²) < 4.78 is 16.2. The number of aliphatic hydroxyl groups is 2. The Hall–Kier alpha value is -0.890. The number of azide groups is 1. The molecule has 2 heterocycles. The van der Waals surface area contributed by atoms with Crippen LogP contribution in [0.3, 0.4) is 0 Å². The molecule has 8 heteroatoms. The van der Waals surface area contributed by atoms with Crippen LogP contribution in [0.15, 0.2) is 5.11 Å². The number of nitrogens with zero attached hydrogens (tertiary/aromatic N) is 3. The SMILES string of the molecule is CC1(C)OCC2(OCC(N=[N+]=[N-])C(O)C2O)O1. The molecule has 0 radical (unpaired) electrons. The molecule has 2 fully saturated rings. The molecule has 2 aliphatic heterocycles. The van der Waals surface area contributed by atoms with E-state index in [0.717, 1.165) is 0 Å². The standard InChI is InChI=1S/C9H15N3O5/c1-8(2)16-4-9(17-8)7(14)6(13)5(3-15-9)11-12-10/h5-7,13-14H,3-4H2,1-2H3. The molecule has 0 aromatic rings. The van der Waals surface area contributed by atoms with Crippen LogP contribution in [-0.2, 0) is 14.2 Å². The molecule has 2 rings (SSSR count). The first kappa shape index (κ1) is 12.6. The van der Waals surface area contributed by atoms with Gasteiger partial charge in [0.25, 0.3) is 0 Å². The lowest BCUT2D eigenvalue weighted by Crippen LogP contribution is -2.62. The van der Waals surface area contributed by atoms with E-state index in [0.29, 0.717) is 0 Å². The van der Waals surface area contributed by atoms with Crippen molar-refractivity contribution < 1.29 is 24.4 Å². The molecule has 0 aromatic heterocycles. The molecule has 2 N–H and O–H groups in total. The van der Waals surface area contributed by atoms with Gasteiger partial charge in [-0.05, 0) is 19.4 Å². The summed E-state index contributed by atoms with van der Waals surface area (Å²) in [5.74, 6) is -2.27. The smallest absolute Gasteiger partial charge is 0.224 e. The molecule has 0 aliphatic carbocycles. The van der Waals surface area contributed by atoms with Crippen LogP contribution in [0.2, 0.25) is 0 Å². The highest BCUT2D eigenvalue weighted by molar-refractivity contribution is 4.98. The molecule has 8 nitrogen and oxygen atoms in total. The molecule has 2 saturated heterocycles. The summed E-state index contributed by atoms with van der Waals surface area (Å²) in [6.07, 6.45) is -2.56. The van der Waals surface area contributed by atoms with Crippen molar-refractivity contribution in [1.29, 1.82) is 0 Å². The average molecular weight is 245 g/mol. The van der Waals surface area contributed by atoms with Gasteiger partial charge >= 0.3 is 0 Å². The minimum atomic E-state index is -1.38. The van der Waals surface area contributed by atoms with Gasteiger partial charge < -0.3 is 24.4 Å². The predicted molar refractivity (Wildman–Crippen MR) is 54.7 cm³/mol. The van der Waals surface area contributed by atoms with Gasteiger partial charge in [0.05, 0.1) is 18.8 Å². The van der Waals surface area contributed by atoms with E-state index in [1.54, 1.807) is 13.8 Å². The minimum Gasteiger partial charge on any atom is -0.390 e. The van der Waals surface area contributed by atoms with Crippen molar-refractivity contribution in [3.05, 3.63) is 10.4 Å². The van der Waals surface area contributed by atoms with E-state index < -0.39 is 29.8 Å². The van der Waals surface area contributed by atoms with Crippen LogP contribution in [0.1, 0.15) is 13.8 Å². The monoisotopic (exact) mass is 245 g/mol. The summed E-state index contributed by atoms with van der Waals surface area (Å²) >= 11 is 0. The van der Waals surface area contributed by atoms with Crippen LogP contribution in [0.5, 0.6) is 0 Å². The third-order valence-corrected chi connectivity index (χ3v) is 2.91. The zero-order valence-corrected chi connectivity index (χ0v) is 9.61. The number of ether oxygens (including phenoxy) is 3. The van der Waals surface area contributed by atoms with Crippen molar-refractivity contribution in [1.82, 2.24) is 0 Å². The normalized spacial score (nSPS) is 44.6. The Kier molecular flexibility index (Phi) is 3.03. The summed E-state index contributed by atoms with van der Waals surface area (Å²) in [7, 11) is 0. The zero-order chi connectivity index (χ0) is 12.7. The highest BCUT2D eigenvalue weighted by Gasteiger charge is 2.57. The number of aliphatic hydroxyl groups excluding tert-OH is 2. The molecule has 0 saturated carbocycles.